The van der Waals surface area contributed by atoms with Crippen LogP contribution >= 0.6 is 23.2 Å². The predicted octanol–water partition coefficient (Wildman–Crippen LogP) is 4.81. The lowest BCUT2D eigenvalue weighted by Gasteiger charge is -2.38. The number of ether oxygens (including phenoxy) is 2. The molecule has 3 aromatic rings. The Balaban J connectivity index is 1.23. The number of aromatic nitrogens is 1. The van der Waals surface area contributed by atoms with Crippen molar-refractivity contribution in [1.82, 2.24) is 9.88 Å². The Morgan fingerprint density at radius 3 is 2.63 bits per heavy atom. The zero-order valence-corrected chi connectivity index (χ0v) is 18.3. The van der Waals surface area contributed by atoms with Gasteiger partial charge in [-0.15, -0.1) is 0 Å². The number of aryl methyl sites for hydroxylation is 1. The highest BCUT2D eigenvalue weighted by Gasteiger charge is 2.27. The van der Waals surface area contributed by atoms with Crippen LogP contribution in [-0.2, 0) is 0 Å². The molecule has 2 aromatic carbocycles. The van der Waals surface area contributed by atoms with Gasteiger partial charge in [-0.2, -0.15) is 0 Å². The first-order valence-corrected chi connectivity index (χ1v) is 10.9. The molecule has 5 nitrogen and oxygen atoms in total. The Morgan fingerprint density at radius 2 is 1.83 bits per heavy atom. The average molecular weight is 444 g/mol. The number of rotatable bonds is 3. The molecule has 1 fully saturated rings. The van der Waals surface area contributed by atoms with Crippen molar-refractivity contribution >= 4 is 39.8 Å². The van der Waals surface area contributed by atoms with Crippen molar-refractivity contribution in [2.24, 2.45) is 0 Å². The molecule has 3 heterocycles. The summed E-state index contributed by atoms with van der Waals surface area (Å²) in [7, 11) is 0. The molecule has 1 aromatic heterocycles. The molecule has 0 bridgehead atoms. The molecule has 7 heteroatoms. The van der Waals surface area contributed by atoms with Crippen molar-refractivity contribution in [3.8, 4) is 11.5 Å². The van der Waals surface area contributed by atoms with Gasteiger partial charge in [-0.05, 0) is 49.4 Å². The van der Waals surface area contributed by atoms with Crippen LogP contribution in [0.5, 0.6) is 11.5 Å². The maximum absolute atomic E-state index is 6.38. The number of nitrogens with zero attached hydrogens (tertiary/aromatic N) is 3. The van der Waals surface area contributed by atoms with Crippen LogP contribution in [-0.4, -0.2) is 55.3 Å². The summed E-state index contributed by atoms with van der Waals surface area (Å²) in [5, 5.41) is 2.19. The molecule has 0 N–H and O–H groups in total. The molecule has 1 unspecified atom stereocenters. The van der Waals surface area contributed by atoms with E-state index in [2.05, 4.69) is 20.9 Å². The van der Waals surface area contributed by atoms with Gasteiger partial charge in [0.1, 0.15) is 12.7 Å². The molecule has 0 spiro atoms. The van der Waals surface area contributed by atoms with Crippen molar-refractivity contribution in [3.05, 3.63) is 58.2 Å². The summed E-state index contributed by atoms with van der Waals surface area (Å²) in [6.07, 6.45) is 0.000861. The van der Waals surface area contributed by atoms with E-state index in [1.165, 1.54) is 0 Å². The van der Waals surface area contributed by atoms with E-state index in [4.69, 9.17) is 32.7 Å². The minimum Gasteiger partial charge on any atom is -0.486 e. The first-order chi connectivity index (χ1) is 14.6. The maximum Gasteiger partial charge on any atom is 0.171 e. The lowest BCUT2D eigenvalue weighted by molar-refractivity contribution is 0.0587. The number of halogens is 2. The number of fused-ring (bicyclic) bond motifs is 3. The summed E-state index contributed by atoms with van der Waals surface area (Å²) in [5.41, 5.74) is 3.05. The third kappa shape index (κ3) is 3.89. The Kier molecular flexibility index (Phi) is 5.35. The summed E-state index contributed by atoms with van der Waals surface area (Å²) in [6.45, 7) is 7.20. The first-order valence-electron chi connectivity index (χ1n) is 10.2. The number of benzene rings is 2. The highest BCUT2D eigenvalue weighted by molar-refractivity contribution is 6.42. The number of hydrogen-bond donors (Lipinski definition) is 0. The van der Waals surface area contributed by atoms with Crippen LogP contribution in [0.15, 0.2) is 42.5 Å². The molecule has 0 aliphatic carbocycles. The standard InChI is InChI=1S/C23H23Cl2N3O2/c1-15-2-4-18-21(26-15)6-7-22-23(18)30-17(14-29-22)13-27-8-10-28(11-9-27)16-3-5-19(24)20(25)12-16/h2-7,12,17H,8-11,13-14H2,1H3. The van der Waals surface area contributed by atoms with Crippen LogP contribution in [0.1, 0.15) is 5.69 Å². The van der Waals surface area contributed by atoms with Crippen molar-refractivity contribution in [2.75, 3.05) is 44.2 Å². The molecular formula is C23H23Cl2N3O2. The largest absolute Gasteiger partial charge is 0.486 e. The summed E-state index contributed by atoms with van der Waals surface area (Å²) in [4.78, 5) is 9.38. The lowest BCUT2D eigenvalue weighted by atomic mass is 10.1. The third-order valence-corrected chi connectivity index (χ3v) is 6.48. The second-order valence-electron chi connectivity index (χ2n) is 7.85. The first kappa shape index (κ1) is 19.7. The van der Waals surface area contributed by atoms with Crippen LogP contribution in [0.3, 0.4) is 0 Å². The van der Waals surface area contributed by atoms with Gasteiger partial charge in [0, 0.05) is 49.5 Å². The molecule has 156 valence electrons. The lowest BCUT2D eigenvalue weighted by Crippen LogP contribution is -2.50. The van der Waals surface area contributed by atoms with E-state index >= 15 is 0 Å². The molecule has 5 rings (SSSR count). The van der Waals surface area contributed by atoms with E-state index in [-0.39, 0.29) is 6.10 Å². The van der Waals surface area contributed by atoms with E-state index in [1.54, 1.807) is 0 Å². The summed E-state index contributed by atoms with van der Waals surface area (Å²) in [5.74, 6) is 1.61. The zero-order valence-electron chi connectivity index (χ0n) is 16.8. The van der Waals surface area contributed by atoms with E-state index in [0.29, 0.717) is 16.7 Å². The van der Waals surface area contributed by atoms with Crippen LogP contribution in [0.25, 0.3) is 10.9 Å². The van der Waals surface area contributed by atoms with Gasteiger partial charge in [-0.1, -0.05) is 23.2 Å². The van der Waals surface area contributed by atoms with Gasteiger partial charge in [-0.3, -0.25) is 9.88 Å². The van der Waals surface area contributed by atoms with Gasteiger partial charge in [0.2, 0.25) is 0 Å². The molecule has 1 saturated heterocycles. The topological polar surface area (TPSA) is 37.8 Å². The van der Waals surface area contributed by atoms with Crippen molar-refractivity contribution in [2.45, 2.75) is 13.0 Å². The van der Waals surface area contributed by atoms with Crippen molar-refractivity contribution < 1.29 is 9.47 Å². The molecule has 0 amide bonds. The Bertz CT molecular complexity index is 1080. The molecule has 2 aliphatic rings. The number of anilines is 1. The van der Waals surface area contributed by atoms with E-state index in [9.17, 15) is 0 Å². The molecule has 30 heavy (non-hydrogen) atoms. The number of piperazine rings is 1. The van der Waals surface area contributed by atoms with E-state index < -0.39 is 0 Å². The van der Waals surface area contributed by atoms with Gasteiger partial charge < -0.3 is 14.4 Å². The predicted molar refractivity (Wildman–Crippen MR) is 122 cm³/mol. The zero-order chi connectivity index (χ0) is 20.7. The van der Waals surface area contributed by atoms with Gasteiger partial charge >= 0.3 is 0 Å². The monoisotopic (exact) mass is 443 g/mol. The van der Waals surface area contributed by atoms with Crippen LogP contribution in [0.2, 0.25) is 10.0 Å². The molecule has 0 saturated carbocycles. The highest BCUT2D eigenvalue weighted by atomic mass is 35.5. The fourth-order valence-electron chi connectivity index (χ4n) is 4.13. The van der Waals surface area contributed by atoms with Crippen LogP contribution < -0.4 is 14.4 Å². The maximum atomic E-state index is 6.38. The third-order valence-electron chi connectivity index (χ3n) is 5.74. The Hall–Kier alpha value is -2.21. The van der Waals surface area contributed by atoms with Gasteiger partial charge in [-0.25, -0.2) is 0 Å². The van der Waals surface area contributed by atoms with Gasteiger partial charge in [0.05, 0.1) is 15.6 Å². The second-order valence-corrected chi connectivity index (χ2v) is 8.66. The smallest absolute Gasteiger partial charge is 0.171 e. The summed E-state index contributed by atoms with van der Waals surface area (Å²) >= 11 is 12.2. The molecule has 2 aliphatic heterocycles. The summed E-state index contributed by atoms with van der Waals surface area (Å²) < 4.78 is 12.4. The quantitative estimate of drug-likeness (QED) is 0.580. The van der Waals surface area contributed by atoms with Gasteiger partial charge in [0.15, 0.2) is 11.5 Å². The number of hydrogen-bond acceptors (Lipinski definition) is 5. The average Bonchev–Trinajstić information content (AvgIpc) is 2.76. The van der Waals surface area contributed by atoms with Crippen molar-refractivity contribution in [1.29, 1.82) is 0 Å². The van der Waals surface area contributed by atoms with Gasteiger partial charge in [0.25, 0.3) is 0 Å². The molecule has 0 radical (unpaired) electrons. The minimum absolute atomic E-state index is 0.000861. The summed E-state index contributed by atoms with van der Waals surface area (Å²) in [6, 6.07) is 13.9. The van der Waals surface area contributed by atoms with E-state index in [1.807, 2.05) is 43.3 Å². The Morgan fingerprint density at radius 1 is 1.00 bits per heavy atom. The minimum atomic E-state index is 0.000861. The fourth-order valence-corrected chi connectivity index (χ4v) is 4.42. The normalized spacial score (nSPS) is 19.3. The SMILES string of the molecule is Cc1ccc2c3c(ccc2n1)OCC(CN1CCN(c2ccc(Cl)c(Cl)c2)CC1)O3. The fraction of sp³-hybridized carbons (Fsp3) is 0.348. The van der Waals surface area contributed by atoms with Crippen LogP contribution in [0, 0.1) is 6.92 Å². The molecule has 1 atom stereocenters. The van der Waals surface area contributed by atoms with Crippen molar-refractivity contribution in [3.63, 3.8) is 0 Å². The van der Waals surface area contributed by atoms with Crippen LogP contribution in [0.4, 0.5) is 5.69 Å². The second kappa shape index (κ2) is 8.14. The highest BCUT2D eigenvalue weighted by Crippen LogP contribution is 2.38. The Labute approximate surface area is 186 Å². The molecular weight excluding hydrogens is 421 g/mol. The number of pyridine rings is 1. The van der Waals surface area contributed by atoms with E-state index in [0.717, 1.165) is 66.5 Å².